The molecule has 0 unspecified atom stereocenters. The predicted octanol–water partition coefficient (Wildman–Crippen LogP) is 2.23. The SMILES string of the molecule is CC(C)Oc1ccc(NC(N)=NCCN2CCC(N(C)C)CC2)cc1. The van der Waals surface area contributed by atoms with E-state index in [1.165, 1.54) is 12.8 Å². The van der Waals surface area contributed by atoms with Crippen molar-refractivity contribution in [2.75, 3.05) is 45.6 Å². The van der Waals surface area contributed by atoms with Gasteiger partial charge in [-0.25, -0.2) is 0 Å². The van der Waals surface area contributed by atoms with Crippen LogP contribution in [0.5, 0.6) is 5.75 Å². The topological polar surface area (TPSA) is 66.1 Å². The average molecular weight is 348 g/mol. The highest BCUT2D eigenvalue weighted by molar-refractivity contribution is 5.92. The summed E-state index contributed by atoms with van der Waals surface area (Å²) in [4.78, 5) is 9.23. The first-order chi connectivity index (χ1) is 11.9. The maximum atomic E-state index is 5.98. The van der Waals surface area contributed by atoms with Crippen molar-refractivity contribution in [1.82, 2.24) is 9.80 Å². The van der Waals surface area contributed by atoms with Crippen molar-refractivity contribution in [3.63, 3.8) is 0 Å². The Morgan fingerprint density at radius 3 is 2.48 bits per heavy atom. The van der Waals surface area contributed by atoms with E-state index in [4.69, 9.17) is 10.5 Å². The maximum absolute atomic E-state index is 5.98. The number of piperidine rings is 1. The van der Waals surface area contributed by atoms with Crippen molar-refractivity contribution in [1.29, 1.82) is 0 Å². The van der Waals surface area contributed by atoms with Gasteiger partial charge in [-0.2, -0.15) is 0 Å². The molecule has 0 radical (unpaired) electrons. The first-order valence-corrected chi connectivity index (χ1v) is 9.16. The summed E-state index contributed by atoms with van der Waals surface area (Å²) in [5.41, 5.74) is 6.90. The summed E-state index contributed by atoms with van der Waals surface area (Å²) in [7, 11) is 4.33. The molecule has 1 saturated heterocycles. The number of nitrogens with zero attached hydrogens (tertiary/aromatic N) is 3. The molecule has 1 aliphatic heterocycles. The molecule has 25 heavy (non-hydrogen) atoms. The fourth-order valence-corrected chi connectivity index (χ4v) is 3.05. The molecule has 140 valence electrons. The third kappa shape index (κ3) is 6.92. The summed E-state index contributed by atoms with van der Waals surface area (Å²) in [6, 6.07) is 8.49. The summed E-state index contributed by atoms with van der Waals surface area (Å²) >= 11 is 0. The molecule has 3 N–H and O–H groups in total. The van der Waals surface area contributed by atoms with E-state index in [0.717, 1.165) is 37.6 Å². The molecule has 6 heteroatoms. The number of nitrogens with two attached hydrogens (primary N) is 1. The fraction of sp³-hybridized carbons (Fsp3) is 0.632. The van der Waals surface area contributed by atoms with Crippen LogP contribution in [-0.4, -0.2) is 68.2 Å². The Morgan fingerprint density at radius 2 is 1.92 bits per heavy atom. The molecule has 0 aliphatic carbocycles. The number of rotatable bonds is 7. The van der Waals surface area contributed by atoms with Crippen molar-refractivity contribution in [2.24, 2.45) is 10.7 Å². The second-order valence-corrected chi connectivity index (χ2v) is 7.12. The van der Waals surface area contributed by atoms with E-state index in [1.54, 1.807) is 0 Å². The minimum absolute atomic E-state index is 0.174. The molecule has 0 atom stereocenters. The zero-order valence-corrected chi connectivity index (χ0v) is 16.0. The van der Waals surface area contributed by atoms with Crippen molar-refractivity contribution in [3.05, 3.63) is 24.3 Å². The van der Waals surface area contributed by atoms with Crippen LogP contribution in [0.15, 0.2) is 29.3 Å². The van der Waals surface area contributed by atoms with Crippen molar-refractivity contribution in [2.45, 2.75) is 38.8 Å². The van der Waals surface area contributed by atoms with Gasteiger partial charge >= 0.3 is 0 Å². The number of guanidine groups is 1. The van der Waals surface area contributed by atoms with Gasteiger partial charge in [-0.15, -0.1) is 0 Å². The Labute approximate surface area is 152 Å². The quantitative estimate of drug-likeness (QED) is 0.585. The van der Waals surface area contributed by atoms with Gasteiger partial charge in [-0.1, -0.05) is 0 Å². The number of nitrogens with one attached hydrogen (secondary N) is 1. The lowest BCUT2D eigenvalue weighted by Crippen LogP contribution is -2.42. The largest absolute Gasteiger partial charge is 0.491 e. The molecule has 6 nitrogen and oxygen atoms in total. The lowest BCUT2D eigenvalue weighted by molar-refractivity contribution is 0.148. The number of ether oxygens (including phenoxy) is 1. The molecular formula is C19H33N5O. The zero-order chi connectivity index (χ0) is 18.2. The van der Waals surface area contributed by atoms with Crippen LogP contribution < -0.4 is 15.8 Å². The summed E-state index contributed by atoms with van der Waals surface area (Å²) in [6.07, 6.45) is 2.64. The summed E-state index contributed by atoms with van der Waals surface area (Å²) in [5.74, 6) is 1.32. The van der Waals surface area contributed by atoms with Crippen LogP contribution in [0.25, 0.3) is 0 Å². The van der Waals surface area contributed by atoms with Gasteiger partial charge in [0.25, 0.3) is 0 Å². The molecule has 0 aromatic heterocycles. The van der Waals surface area contributed by atoms with E-state index in [1.807, 2.05) is 38.1 Å². The van der Waals surface area contributed by atoms with E-state index >= 15 is 0 Å². The zero-order valence-electron chi connectivity index (χ0n) is 16.0. The Morgan fingerprint density at radius 1 is 1.28 bits per heavy atom. The standard InChI is InChI=1S/C19H33N5O/c1-15(2)25-18-7-5-16(6-8-18)22-19(20)21-11-14-24-12-9-17(10-13-24)23(3)4/h5-8,15,17H,9-14H2,1-4H3,(H3,20,21,22). The number of hydrogen-bond acceptors (Lipinski definition) is 4. The van der Waals surface area contributed by atoms with Gasteiger partial charge in [0.15, 0.2) is 5.96 Å². The predicted molar refractivity (Wildman–Crippen MR) is 105 cm³/mol. The molecule has 1 aromatic carbocycles. The van der Waals surface area contributed by atoms with Gasteiger partial charge in [-0.3, -0.25) is 4.99 Å². The monoisotopic (exact) mass is 347 g/mol. The molecule has 1 aromatic rings. The van der Waals surface area contributed by atoms with Gasteiger partial charge < -0.3 is 25.6 Å². The van der Waals surface area contributed by atoms with Crippen LogP contribution in [0.4, 0.5) is 5.69 Å². The van der Waals surface area contributed by atoms with Crippen LogP contribution in [-0.2, 0) is 0 Å². The second-order valence-electron chi connectivity index (χ2n) is 7.12. The van der Waals surface area contributed by atoms with E-state index in [-0.39, 0.29) is 6.10 Å². The Kier molecular flexibility index (Phi) is 7.52. The van der Waals surface area contributed by atoms with Crippen molar-refractivity contribution in [3.8, 4) is 5.75 Å². The molecular weight excluding hydrogens is 314 g/mol. The highest BCUT2D eigenvalue weighted by atomic mass is 16.5. The lowest BCUT2D eigenvalue weighted by Gasteiger charge is -2.34. The molecule has 1 heterocycles. The smallest absolute Gasteiger partial charge is 0.193 e. The Hall–Kier alpha value is -1.79. The van der Waals surface area contributed by atoms with Crippen LogP contribution in [0.2, 0.25) is 0 Å². The minimum atomic E-state index is 0.174. The number of aliphatic imine (C=N–C) groups is 1. The Balaban J connectivity index is 1.71. The molecule has 0 saturated carbocycles. The summed E-state index contributed by atoms with van der Waals surface area (Å²) in [5, 5.41) is 3.13. The number of anilines is 1. The van der Waals surface area contributed by atoms with Gasteiger partial charge in [0.1, 0.15) is 5.75 Å². The van der Waals surface area contributed by atoms with Gasteiger partial charge in [0.05, 0.1) is 12.6 Å². The van der Waals surface area contributed by atoms with E-state index in [2.05, 4.69) is 34.2 Å². The molecule has 1 fully saturated rings. The normalized spacial score (nSPS) is 17.3. The van der Waals surface area contributed by atoms with Crippen molar-refractivity contribution >= 4 is 11.6 Å². The van der Waals surface area contributed by atoms with Crippen LogP contribution in [0.3, 0.4) is 0 Å². The van der Waals surface area contributed by atoms with E-state index in [0.29, 0.717) is 12.0 Å². The van der Waals surface area contributed by atoms with Crippen LogP contribution in [0, 0.1) is 0 Å². The molecule has 0 amide bonds. The molecule has 1 aliphatic rings. The molecule has 0 spiro atoms. The van der Waals surface area contributed by atoms with Crippen molar-refractivity contribution < 1.29 is 4.74 Å². The number of benzene rings is 1. The second kappa shape index (κ2) is 9.63. The Bertz CT molecular complexity index is 533. The first-order valence-electron chi connectivity index (χ1n) is 9.16. The summed E-state index contributed by atoms with van der Waals surface area (Å²) in [6.45, 7) is 8.00. The van der Waals surface area contributed by atoms with Gasteiger partial charge in [0.2, 0.25) is 0 Å². The fourth-order valence-electron chi connectivity index (χ4n) is 3.05. The van der Waals surface area contributed by atoms with E-state index in [9.17, 15) is 0 Å². The van der Waals surface area contributed by atoms with Gasteiger partial charge in [0, 0.05) is 18.3 Å². The number of hydrogen-bond donors (Lipinski definition) is 2. The molecule has 2 rings (SSSR count). The molecule has 0 bridgehead atoms. The third-order valence-corrected chi connectivity index (χ3v) is 4.48. The third-order valence-electron chi connectivity index (χ3n) is 4.48. The highest BCUT2D eigenvalue weighted by Crippen LogP contribution is 2.17. The minimum Gasteiger partial charge on any atom is -0.491 e. The lowest BCUT2D eigenvalue weighted by atomic mass is 10.0. The van der Waals surface area contributed by atoms with Crippen LogP contribution in [0.1, 0.15) is 26.7 Å². The summed E-state index contributed by atoms with van der Waals surface area (Å²) < 4.78 is 5.63. The highest BCUT2D eigenvalue weighted by Gasteiger charge is 2.19. The first kappa shape index (κ1) is 19.5. The van der Waals surface area contributed by atoms with Gasteiger partial charge in [-0.05, 0) is 78.1 Å². The van der Waals surface area contributed by atoms with Crippen LogP contribution >= 0.6 is 0 Å². The average Bonchev–Trinajstić information content (AvgIpc) is 2.56. The number of likely N-dealkylation sites (tertiary alicyclic amines) is 1. The van der Waals surface area contributed by atoms with E-state index < -0.39 is 0 Å². The maximum Gasteiger partial charge on any atom is 0.193 e.